The van der Waals surface area contributed by atoms with E-state index in [1.54, 1.807) is 19.0 Å². The molecule has 3 aromatic rings. The number of benzene rings is 2. The monoisotopic (exact) mass is 683 g/mol. The van der Waals surface area contributed by atoms with Crippen LogP contribution in [-0.2, 0) is 24.1 Å². The second-order valence-electron chi connectivity index (χ2n) is 15.0. The van der Waals surface area contributed by atoms with Gasteiger partial charge >= 0.3 is 18.2 Å². The van der Waals surface area contributed by atoms with E-state index in [0.29, 0.717) is 38.9 Å². The van der Waals surface area contributed by atoms with E-state index in [1.807, 2.05) is 0 Å². The molecular weight excluding hydrogens is 634 g/mol. The maximum absolute atomic E-state index is 12.2. The van der Waals surface area contributed by atoms with Crippen LogP contribution >= 0.6 is 0 Å². The molecule has 5 aliphatic heterocycles. The number of hydrogen-bond acceptors (Lipinski definition) is 9. The van der Waals surface area contributed by atoms with E-state index < -0.39 is 6.09 Å². The van der Waals surface area contributed by atoms with Crippen molar-refractivity contribution in [2.24, 2.45) is 0 Å². The van der Waals surface area contributed by atoms with Crippen molar-refractivity contribution in [3.8, 4) is 6.01 Å². The summed E-state index contributed by atoms with van der Waals surface area (Å²) in [5.41, 5.74) is 4.57. The van der Waals surface area contributed by atoms with Gasteiger partial charge in [0.05, 0.1) is 29.9 Å². The molecule has 12 nitrogen and oxygen atoms in total. The van der Waals surface area contributed by atoms with Gasteiger partial charge in [-0.3, -0.25) is 9.80 Å². The normalized spacial score (nSPS) is 25.9. The van der Waals surface area contributed by atoms with E-state index in [-0.39, 0.29) is 29.8 Å². The van der Waals surface area contributed by atoms with E-state index >= 15 is 0 Å². The Labute approximate surface area is 293 Å². The van der Waals surface area contributed by atoms with Gasteiger partial charge in [-0.1, -0.05) is 37.3 Å². The molecule has 0 aliphatic carbocycles. The first kappa shape index (κ1) is 32.9. The van der Waals surface area contributed by atoms with E-state index in [1.165, 1.54) is 26.9 Å². The van der Waals surface area contributed by atoms with Gasteiger partial charge in [0.2, 0.25) is 0 Å². The summed E-state index contributed by atoms with van der Waals surface area (Å²) in [7, 11) is 3.41. The number of aromatic nitrogens is 2. The van der Waals surface area contributed by atoms with Crippen LogP contribution in [0.15, 0.2) is 36.4 Å². The number of rotatable bonds is 8. The van der Waals surface area contributed by atoms with Crippen LogP contribution in [0, 0.1) is 0 Å². The van der Waals surface area contributed by atoms with E-state index in [4.69, 9.17) is 19.4 Å². The lowest BCUT2D eigenvalue weighted by molar-refractivity contribution is 0.0482. The molecule has 266 valence electrons. The topological polar surface area (TPSA) is 115 Å². The predicted molar refractivity (Wildman–Crippen MR) is 191 cm³/mol. The van der Waals surface area contributed by atoms with E-state index in [9.17, 15) is 14.7 Å². The number of ether oxygens (including phenoxy) is 2. The Morgan fingerprint density at radius 2 is 1.78 bits per heavy atom. The summed E-state index contributed by atoms with van der Waals surface area (Å²) in [6.07, 6.45) is 6.42. The largest absolute Gasteiger partial charge is 0.465 e. The SMILES string of the molecule is CCc1cccc2cccc(N3CCc4c(nc(OCC56CCCN5C(COC(=O)N(C)C)CC6)nc4N4C[C@H]5CC[C@@H](C4)N5C(=O)O)C3)c12. The van der Waals surface area contributed by atoms with E-state index in [0.717, 1.165) is 81.5 Å². The predicted octanol–water partition coefficient (Wildman–Crippen LogP) is 5.16. The van der Waals surface area contributed by atoms with Crippen molar-refractivity contribution in [3.63, 3.8) is 0 Å². The number of aryl methyl sites for hydroxylation is 1. The number of nitrogens with zero attached hydrogens (tertiary/aromatic N) is 7. The highest BCUT2D eigenvalue weighted by Crippen LogP contribution is 2.43. The van der Waals surface area contributed by atoms with Gasteiger partial charge in [-0.05, 0) is 74.9 Å². The van der Waals surface area contributed by atoms with Gasteiger partial charge in [-0.25, -0.2) is 9.59 Å². The highest BCUT2D eigenvalue weighted by molar-refractivity contribution is 5.97. The van der Waals surface area contributed by atoms with Crippen molar-refractivity contribution in [1.82, 2.24) is 24.7 Å². The zero-order chi connectivity index (χ0) is 34.6. The number of carboxylic acid groups (broad SMARTS) is 1. The van der Waals surface area contributed by atoms with Crippen LogP contribution in [-0.4, -0.2) is 119 Å². The first-order valence-corrected chi connectivity index (χ1v) is 18.4. The van der Waals surface area contributed by atoms with Gasteiger partial charge in [-0.15, -0.1) is 0 Å². The van der Waals surface area contributed by atoms with Crippen LogP contribution in [0.5, 0.6) is 6.01 Å². The Morgan fingerprint density at radius 3 is 2.52 bits per heavy atom. The van der Waals surface area contributed by atoms with Crippen molar-refractivity contribution < 1.29 is 24.2 Å². The van der Waals surface area contributed by atoms with Crippen LogP contribution < -0.4 is 14.5 Å². The van der Waals surface area contributed by atoms with Crippen molar-refractivity contribution >= 4 is 34.5 Å². The molecule has 0 spiro atoms. The third-order valence-corrected chi connectivity index (χ3v) is 12.0. The van der Waals surface area contributed by atoms with Gasteiger partial charge in [0.15, 0.2) is 0 Å². The molecule has 6 heterocycles. The molecule has 5 aliphatic rings. The summed E-state index contributed by atoms with van der Waals surface area (Å²) >= 11 is 0. The smallest absolute Gasteiger partial charge is 0.409 e. The number of anilines is 2. The number of amides is 2. The highest BCUT2D eigenvalue weighted by Gasteiger charge is 2.50. The summed E-state index contributed by atoms with van der Waals surface area (Å²) in [4.78, 5) is 44.9. The van der Waals surface area contributed by atoms with Crippen LogP contribution in [0.1, 0.15) is 62.3 Å². The Hall–Kier alpha value is -4.32. The third-order valence-electron chi connectivity index (χ3n) is 12.0. The quantitative estimate of drug-likeness (QED) is 0.342. The molecular formula is C38H49N7O5. The van der Waals surface area contributed by atoms with Crippen molar-refractivity contribution in [3.05, 3.63) is 53.2 Å². The summed E-state index contributed by atoms with van der Waals surface area (Å²) < 4.78 is 12.3. The number of hydrogen-bond donors (Lipinski definition) is 1. The summed E-state index contributed by atoms with van der Waals surface area (Å²) in [6, 6.07) is 13.6. The lowest BCUT2D eigenvalue weighted by atomic mass is 9.95. The van der Waals surface area contributed by atoms with Crippen molar-refractivity contribution in [2.45, 2.75) is 88.5 Å². The Bertz CT molecular complexity index is 1770. The van der Waals surface area contributed by atoms with E-state index in [2.05, 4.69) is 58.0 Å². The molecule has 2 bridgehead atoms. The number of carbonyl (C=O) groups is 2. The first-order chi connectivity index (χ1) is 24.2. The average Bonchev–Trinajstić information content (AvgIpc) is 3.78. The van der Waals surface area contributed by atoms with Crippen LogP contribution in [0.25, 0.3) is 10.8 Å². The molecule has 50 heavy (non-hydrogen) atoms. The fourth-order valence-electron chi connectivity index (χ4n) is 9.55. The molecule has 2 amide bonds. The fourth-order valence-corrected chi connectivity index (χ4v) is 9.55. The number of piperazine rings is 1. The third kappa shape index (κ3) is 5.75. The lowest BCUT2D eigenvalue weighted by Gasteiger charge is -2.41. The minimum Gasteiger partial charge on any atom is -0.465 e. The molecule has 12 heteroatoms. The molecule has 4 atom stereocenters. The Balaban J connectivity index is 1.09. The molecule has 1 aromatic heterocycles. The standard InChI is InChI=1S/C38H49N7O5/c1-4-25-8-5-9-26-10-6-11-32(33(25)26)42-19-15-30-31(22-42)39-35(40-34(30)43-20-27-12-13-28(21-43)45(27)36(46)47)50-24-38-16-7-18-44(38)29(14-17-38)23-49-37(48)41(2)3/h5-6,8-11,27-29H,4,7,12-24H2,1-3H3,(H,46,47)/t27-,28+,29?,38?. The molecule has 4 fully saturated rings. The van der Waals surface area contributed by atoms with Gasteiger partial charge in [0.25, 0.3) is 0 Å². The van der Waals surface area contributed by atoms with Crippen molar-refractivity contribution in [1.29, 1.82) is 0 Å². The molecule has 0 radical (unpaired) electrons. The van der Waals surface area contributed by atoms with Crippen LogP contribution in [0.3, 0.4) is 0 Å². The number of fused-ring (bicyclic) bond motifs is 5. The van der Waals surface area contributed by atoms with Crippen LogP contribution in [0.4, 0.5) is 21.1 Å². The second-order valence-corrected chi connectivity index (χ2v) is 15.0. The molecule has 0 saturated carbocycles. The summed E-state index contributed by atoms with van der Waals surface area (Å²) in [6.45, 7) is 6.79. The average molecular weight is 684 g/mol. The fraction of sp³-hybridized carbons (Fsp3) is 0.579. The Kier molecular flexibility index (Phi) is 8.61. The van der Waals surface area contributed by atoms with Gasteiger partial charge in [0.1, 0.15) is 19.0 Å². The van der Waals surface area contributed by atoms with Gasteiger partial charge in [-0.2, -0.15) is 9.97 Å². The zero-order valence-electron chi connectivity index (χ0n) is 29.5. The molecule has 4 saturated heterocycles. The first-order valence-electron chi connectivity index (χ1n) is 18.4. The maximum Gasteiger partial charge on any atom is 0.409 e. The number of carbonyl (C=O) groups excluding carboxylic acids is 1. The summed E-state index contributed by atoms with van der Waals surface area (Å²) in [5.74, 6) is 0.902. The molecule has 2 aromatic carbocycles. The molecule has 1 N–H and O–H groups in total. The maximum atomic E-state index is 12.2. The lowest BCUT2D eigenvalue weighted by Crippen LogP contribution is -2.56. The highest BCUT2D eigenvalue weighted by atomic mass is 16.6. The molecule has 2 unspecified atom stereocenters. The second kappa shape index (κ2) is 13.1. The van der Waals surface area contributed by atoms with Gasteiger partial charge in [0, 0.05) is 56.4 Å². The molecule has 8 rings (SSSR count). The van der Waals surface area contributed by atoms with Gasteiger partial charge < -0.3 is 29.3 Å². The zero-order valence-corrected chi connectivity index (χ0v) is 29.5. The summed E-state index contributed by atoms with van der Waals surface area (Å²) in [5, 5.41) is 12.5. The minimum atomic E-state index is -0.824. The Morgan fingerprint density at radius 1 is 1.00 bits per heavy atom. The van der Waals surface area contributed by atoms with Crippen molar-refractivity contribution in [2.75, 3.05) is 63.3 Å². The van der Waals surface area contributed by atoms with Crippen LogP contribution in [0.2, 0.25) is 0 Å². The minimum absolute atomic E-state index is 0.0348.